The Balaban J connectivity index is -0.000000237. The molecule has 0 fully saturated rings. The summed E-state index contributed by atoms with van der Waals surface area (Å²) in [6, 6.07) is 0. The first-order valence-corrected chi connectivity index (χ1v) is 7.00. The van der Waals surface area contributed by atoms with E-state index < -0.39 is 0 Å². The lowest BCUT2D eigenvalue weighted by atomic mass is 9.99. The maximum Gasteiger partial charge on any atom is -0.00799 e. The van der Waals surface area contributed by atoms with Crippen LogP contribution in [0.5, 0.6) is 0 Å². The second-order valence-electron chi connectivity index (χ2n) is 4.18. The molecule has 102 valence electrons. The second kappa shape index (κ2) is 24.2. The van der Waals surface area contributed by atoms with Crippen molar-refractivity contribution >= 4 is 0 Å². The van der Waals surface area contributed by atoms with Crippen molar-refractivity contribution < 1.29 is 0 Å². The third-order valence-corrected chi connectivity index (χ3v) is 2.37. The van der Waals surface area contributed by atoms with Gasteiger partial charge in [0.1, 0.15) is 0 Å². The Bertz CT molecular complexity index is 82.8. The van der Waals surface area contributed by atoms with E-state index in [1.165, 1.54) is 45.6 Å². The van der Waals surface area contributed by atoms with Gasteiger partial charge in [-0.3, -0.25) is 0 Å². The summed E-state index contributed by atoms with van der Waals surface area (Å²) in [5.41, 5.74) is 9.53. The molecule has 1 unspecified atom stereocenters. The Kier molecular flexibility index (Phi) is 32.2. The molecule has 2 nitrogen and oxygen atoms in total. The highest BCUT2D eigenvalue weighted by atomic mass is 14.5. The predicted octanol–water partition coefficient (Wildman–Crippen LogP) is 3.93. The number of hydrogen-bond donors (Lipinski definition) is 2. The molecule has 0 saturated carbocycles. The molecule has 1 atom stereocenters. The zero-order valence-electron chi connectivity index (χ0n) is 12.4. The van der Waals surface area contributed by atoms with Gasteiger partial charge >= 0.3 is 0 Å². The predicted molar refractivity (Wildman–Crippen MR) is 77.7 cm³/mol. The molecule has 0 aliphatic carbocycles. The van der Waals surface area contributed by atoms with Crippen molar-refractivity contribution in [1.29, 1.82) is 0 Å². The molecule has 0 heterocycles. The molecule has 2 heteroatoms. The third-order valence-electron chi connectivity index (χ3n) is 2.37. The Labute approximate surface area is 104 Å². The van der Waals surface area contributed by atoms with Crippen molar-refractivity contribution in [2.24, 2.45) is 17.4 Å². The van der Waals surface area contributed by atoms with Gasteiger partial charge in [0.05, 0.1) is 0 Å². The standard InChI is InChI=1S/C10H22.C3H9N.CH5N/c1-4-6-7-9-10(3)8-5-2;1-2-3-4;1-2/h10H,4-9H2,1-3H3;2-4H2,1H3;2H2,1H3. The highest BCUT2D eigenvalue weighted by Crippen LogP contribution is 2.13. The van der Waals surface area contributed by atoms with Crippen LogP contribution >= 0.6 is 0 Å². The minimum Gasteiger partial charge on any atom is -0.333 e. The molecular weight excluding hydrogens is 196 g/mol. The van der Waals surface area contributed by atoms with Gasteiger partial charge in [0.15, 0.2) is 0 Å². The van der Waals surface area contributed by atoms with Crippen molar-refractivity contribution in [2.45, 2.75) is 72.6 Å². The van der Waals surface area contributed by atoms with Crippen LogP contribution in [0, 0.1) is 5.92 Å². The Morgan fingerprint density at radius 1 is 0.812 bits per heavy atom. The van der Waals surface area contributed by atoms with Crippen molar-refractivity contribution in [1.82, 2.24) is 0 Å². The van der Waals surface area contributed by atoms with Gasteiger partial charge in [-0.2, -0.15) is 0 Å². The summed E-state index contributed by atoms with van der Waals surface area (Å²) in [6.45, 7) is 9.79. The summed E-state index contributed by atoms with van der Waals surface area (Å²) in [5.74, 6) is 0.969. The molecule has 0 aromatic heterocycles. The molecule has 0 amide bonds. The highest BCUT2D eigenvalue weighted by molar-refractivity contribution is 4.51. The fourth-order valence-corrected chi connectivity index (χ4v) is 1.38. The van der Waals surface area contributed by atoms with E-state index in [0.717, 1.165) is 18.9 Å². The minimum atomic E-state index is 0.819. The smallest absolute Gasteiger partial charge is 0.00799 e. The van der Waals surface area contributed by atoms with Crippen LogP contribution < -0.4 is 11.5 Å². The molecule has 16 heavy (non-hydrogen) atoms. The first kappa shape index (κ1) is 21.2. The van der Waals surface area contributed by atoms with Gasteiger partial charge in [-0.25, -0.2) is 0 Å². The molecule has 0 aromatic rings. The first-order valence-electron chi connectivity index (χ1n) is 7.00. The van der Waals surface area contributed by atoms with Gasteiger partial charge in [0.25, 0.3) is 0 Å². The van der Waals surface area contributed by atoms with E-state index in [1.807, 2.05) is 0 Å². The van der Waals surface area contributed by atoms with Crippen LogP contribution in [0.15, 0.2) is 0 Å². The van der Waals surface area contributed by atoms with E-state index >= 15 is 0 Å². The average molecular weight is 232 g/mol. The van der Waals surface area contributed by atoms with Crippen LogP contribution in [0.4, 0.5) is 0 Å². The molecule has 0 spiro atoms. The van der Waals surface area contributed by atoms with Crippen molar-refractivity contribution in [3.63, 3.8) is 0 Å². The van der Waals surface area contributed by atoms with E-state index in [1.54, 1.807) is 0 Å². The van der Waals surface area contributed by atoms with Crippen LogP contribution in [0.1, 0.15) is 72.6 Å². The summed E-state index contributed by atoms with van der Waals surface area (Å²) >= 11 is 0. The SMILES string of the molecule is CCCCCC(C)CCC.CCCN.CN. The molecule has 4 N–H and O–H groups in total. The van der Waals surface area contributed by atoms with E-state index in [9.17, 15) is 0 Å². The van der Waals surface area contributed by atoms with E-state index in [2.05, 4.69) is 33.4 Å². The maximum absolute atomic E-state index is 5.03. The number of nitrogens with two attached hydrogens (primary N) is 2. The number of rotatable bonds is 7. The van der Waals surface area contributed by atoms with Crippen LogP contribution in [-0.2, 0) is 0 Å². The molecule has 0 aromatic carbocycles. The Morgan fingerprint density at radius 2 is 1.31 bits per heavy atom. The van der Waals surface area contributed by atoms with Crippen molar-refractivity contribution in [3.05, 3.63) is 0 Å². The monoisotopic (exact) mass is 232 g/mol. The molecule has 0 radical (unpaired) electrons. The van der Waals surface area contributed by atoms with Gasteiger partial charge in [-0.05, 0) is 25.9 Å². The zero-order valence-corrected chi connectivity index (χ0v) is 12.4. The third kappa shape index (κ3) is 29.2. The lowest BCUT2D eigenvalue weighted by Crippen LogP contribution is -1.93. The summed E-state index contributed by atoms with van der Waals surface area (Å²) in [7, 11) is 1.50. The summed E-state index contributed by atoms with van der Waals surface area (Å²) in [6.07, 6.45) is 9.54. The number of unbranched alkanes of at least 4 members (excludes halogenated alkanes) is 2. The maximum atomic E-state index is 5.03. The van der Waals surface area contributed by atoms with Gasteiger partial charge in [0.2, 0.25) is 0 Å². The molecule has 0 bridgehead atoms. The minimum absolute atomic E-state index is 0.819. The largest absolute Gasteiger partial charge is 0.333 e. The molecule has 0 rings (SSSR count). The van der Waals surface area contributed by atoms with Crippen LogP contribution in [-0.4, -0.2) is 13.6 Å². The summed E-state index contributed by atoms with van der Waals surface area (Å²) in [5, 5.41) is 0. The second-order valence-corrected chi connectivity index (χ2v) is 4.18. The fourth-order valence-electron chi connectivity index (χ4n) is 1.38. The summed E-state index contributed by atoms with van der Waals surface area (Å²) < 4.78 is 0. The van der Waals surface area contributed by atoms with Crippen LogP contribution in [0.25, 0.3) is 0 Å². The Morgan fingerprint density at radius 3 is 1.62 bits per heavy atom. The van der Waals surface area contributed by atoms with Crippen molar-refractivity contribution in [3.8, 4) is 0 Å². The topological polar surface area (TPSA) is 52.0 Å². The lowest BCUT2D eigenvalue weighted by molar-refractivity contribution is 0.459. The first-order chi connectivity index (χ1) is 7.72. The van der Waals surface area contributed by atoms with Crippen LogP contribution in [0.3, 0.4) is 0 Å². The molecule has 0 aliphatic heterocycles. The van der Waals surface area contributed by atoms with Gasteiger partial charge in [-0.1, -0.05) is 66.2 Å². The fraction of sp³-hybridized carbons (Fsp3) is 1.00. The molecule has 0 saturated heterocycles. The molecule has 0 aliphatic rings. The number of hydrogen-bond acceptors (Lipinski definition) is 2. The van der Waals surface area contributed by atoms with Gasteiger partial charge < -0.3 is 11.5 Å². The normalized spacial score (nSPS) is 10.7. The quantitative estimate of drug-likeness (QED) is 0.653. The van der Waals surface area contributed by atoms with E-state index in [0.29, 0.717) is 0 Å². The van der Waals surface area contributed by atoms with E-state index in [4.69, 9.17) is 5.73 Å². The van der Waals surface area contributed by atoms with Crippen molar-refractivity contribution in [2.75, 3.05) is 13.6 Å². The zero-order chi connectivity index (χ0) is 13.2. The van der Waals surface area contributed by atoms with E-state index in [-0.39, 0.29) is 0 Å². The average Bonchev–Trinajstić information content (AvgIpc) is 2.33. The van der Waals surface area contributed by atoms with Crippen LogP contribution in [0.2, 0.25) is 0 Å². The van der Waals surface area contributed by atoms with Gasteiger partial charge in [-0.15, -0.1) is 0 Å². The lowest BCUT2D eigenvalue weighted by Gasteiger charge is -2.07. The summed E-state index contributed by atoms with van der Waals surface area (Å²) in [4.78, 5) is 0. The Hall–Kier alpha value is -0.0800. The molecular formula is C14H36N2. The van der Waals surface area contributed by atoms with Gasteiger partial charge in [0, 0.05) is 0 Å². The highest BCUT2D eigenvalue weighted by Gasteiger charge is 1.98.